The maximum atomic E-state index is 14.1. The molecule has 2 fully saturated rings. The van der Waals surface area contributed by atoms with E-state index in [0.717, 1.165) is 4.68 Å². The molecule has 1 aromatic carbocycles. The standard InChI is InChI=1S/C28H32BrF3N6O6/c1-13-16(29)11-17(23(33-13)28(30,31)32)38-24(34-14(2)37-38)22-20(39)19(35-36-26(40)44-27(3,4)5)21-18(42-22)12-41-25(43-21)15-9-7-6-8-10-15/h6-11,18-22,25,35,39H,12H2,1-5H3,(H,36,40)/t18?,19?,20?,21-,22+,25?/m0/s1. The van der Waals surface area contributed by atoms with Gasteiger partial charge in [0.1, 0.15) is 35.8 Å². The normalized spacial score (nSPS) is 25.8. The summed E-state index contributed by atoms with van der Waals surface area (Å²) in [4.78, 5) is 20.6. The van der Waals surface area contributed by atoms with Crippen molar-refractivity contribution in [3.63, 3.8) is 0 Å². The first-order valence-electron chi connectivity index (χ1n) is 13.7. The van der Waals surface area contributed by atoms with Crippen LogP contribution in [0, 0.1) is 13.8 Å². The molecule has 1 amide bonds. The summed E-state index contributed by atoms with van der Waals surface area (Å²) in [6, 6.07) is 9.28. The van der Waals surface area contributed by atoms with Gasteiger partial charge in [-0.05, 0) is 56.6 Å². The summed E-state index contributed by atoms with van der Waals surface area (Å²) in [5.74, 6) is 0.00479. The number of alkyl halides is 3. The number of aliphatic hydroxyl groups excluding tert-OH is 1. The van der Waals surface area contributed by atoms with Gasteiger partial charge in [-0.15, -0.1) is 0 Å². The fourth-order valence-corrected chi connectivity index (χ4v) is 5.28. The van der Waals surface area contributed by atoms with E-state index in [1.54, 1.807) is 20.8 Å². The third kappa shape index (κ3) is 6.89. The van der Waals surface area contributed by atoms with Gasteiger partial charge in [0.2, 0.25) is 0 Å². The van der Waals surface area contributed by atoms with Crippen LogP contribution in [-0.4, -0.2) is 67.5 Å². The van der Waals surface area contributed by atoms with Crippen molar-refractivity contribution in [1.82, 2.24) is 30.6 Å². The summed E-state index contributed by atoms with van der Waals surface area (Å²) in [7, 11) is 0. The Bertz CT molecular complexity index is 1500. The Hall–Kier alpha value is -3.15. The number of halogens is 4. The number of pyridine rings is 1. The highest BCUT2D eigenvalue weighted by atomic mass is 79.9. The smallest absolute Gasteiger partial charge is 0.435 e. The van der Waals surface area contributed by atoms with Crippen LogP contribution in [-0.2, 0) is 25.1 Å². The molecule has 0 bridgehead atoms. The molecule has 4 heterocycles. The van der Waals surface area contributed by atoms with Crippen molar-refractivity contribution in [1.29, 1.82) is 0 Å². The molecule has 0 saturated carbocycles. The SMILES string of the molecule is Cc1nc([C@@H]2OC3COC(c4ccccc4)O[C@@H]3C(NNC(=O)OC(C)(C)C)C2O)n(-c2cc(Br)c(C)nc2C(F)(F)F)n1. The minimum atomic E-state index is -4.83. The lowest BCUT2D eigenvalue weighted by Gasteiger charge is -2.48. The molecule has 2 aromatic heterocycles. The molecular weight excluding hydrogens is 653 g/mol. The molecule has 0 radical (unpaired) electrons. The van der Waals surface area contributed by atoms with Gasteiger partial charge >= 0.3 is 12.3 Å². The summed E-state index contributed by atoms with van der Waals surface area (Å²) in [5.41, 5.74) is 3.65. The summed E-state index contributed by atoms with van der Waals surface area (Å²) < 4.78 is 67.4. The molecule has 5 rings (SSSR count). The number of ether oxygens (including phenoxy) is 4. The van der Waals surface area contributed by atoms with E-state index in [1.807, 2.05) is 30.3 Å². The predicted molar refractivity (Wildman–Crippen MR) is 151 cm³/mol. The fraction of sp³-hybridized carbons (Fsp3) is 0.500. The molecular formula is C28H32BrF3N6O6. The van der Waals surface area contributed by atoms with Crippen molar-refractivity contribution in [3.05, 3.63) is 69.5 Å². The number of hydrogen-bond acceptors (Lipinski definition) is 10. The maximum absolute atomic E-state index is 14.1. The Balaban J connectivity index is 1.52. The molecule has 12 nitrogen and oxygen atoms in total. The molecule has 2 aliphatic heterocycles. The Morgan fingerprint density at radius 3 is 2.50 bits per heavy atom. The lowest BCUT2D eigenvalue weighted by Crippen LogP contribution is -2.66. The molecule has 4 unspecified atom stereocenters. The molecule has 3 N–H and O–H groups in total. The van der Waals surface area contributed by atoms with E-state index in [0.29, 0.717) is 10.0 Å². The first kappa shape index (κ1) is 32.2. The van der Waals surface area contributed by atoms with Crippen LogP contribution in [0.1, 0.15) is 61.8 Å². The number of nitrogens with zero attached hydrogens (tertiary/aromatic N) is 4. The van der Waals surface area contributed by atoms with Crippen LogP contribution in [0.4, 0.5) is 18.0 Å². The van der Waals surface area contributed by atoms with Crippen molar-refractivity contribution in [2.45, 2.75) is 83.1 Å². The highest BCUT2D eigenvalue weighted by molar-refractivity contribution is 9.10. The molecule has 238 valence electrons. The van der Waals surface area contributed by atoms with Crippen molar-refractivity contribution in [3.8, 4) is 5.69 Å². The van der Waals surface area contributed by atoms with Crippen LogP contribution in [0.3, 0.4) is 0 Å². The number of rotatable bonds is 5. The van der Waals surface area contributed by atoms with Gasteiger partial charge in [-0.3, -0.25) is 5.43 Å². The molecule has 0 spiro atoms. The van der Waals surface area contributed by atoms with Gasteiger partial charge in [-0.25, -0.2) is 24.9 Å². The van der Waals surface area contributed by atoms with Gasteiger partial charge in [0, 0.05) is 10.0 Å². The Morgan fingerprint density at radius 1 is 1.14 bits per heavy atom. The van der Waals surface area contributed by atoms with E-state index in [4.69, 9.17) is 18.9 Å². The first-order chi connectivity index (χ1) is 20.6. The van der Waals surface area contributed by atoms with Gasteiger partial charge in [0.05, 0.1) is 24.0 Å². The topological polar surface area (TPSA) is 142 Å². The lowest BCUT2D eigenvalue weighted by atomic mass is 9.91. The number of aromatic nitrogens is 4. The van der Waals surface area contributed by atoms with Gasteiger partial charge in [-0.1, -0.05) is 30.3 Å². The van der Waals surface area contributed by atoms with E-state index >= 15 is 0 Å². The number of carbonyl (C=O) groups excluding carboxylic acids is 1. The molecule has 44 heavy (non-hydrogen) atoms. The average molecular weight is 685 g/mol. The number of nitrogens with one attached hydrogen (secondary N) is 2. The van der Waals surface area contributed by atoms with Crippen molar-refractivity contribution in [2.24, 2.45) is 0 Å². The number of hydrazine groups is 1. The van der Waals surface area contributed by atoms with Crippen molar-refractivity contribution >= 4 is 22.0 Å². The van der Waals surface area contributed by atoms with E-state index < -0.39 is 66.0 Å². The summed E-state index contributed by atoms with van der Waals surface area (Å²) in [6.07, 6.45) is -11.0. The Labute approximate surface area is 259 Å². The van der Waals surface area contributed by atoms with E-state index in [1.165, 1.54) is 19.9 Å². The zero-order valence-corrected chi connectivity index (χ0v) is 26.0. The van der Waals surface area contributed by atoms with Crippen LogP contribution >= 0.6 is 15.9 Å². The van der Waals surface area contributed by atoms with Crippen LogP contribution in [0.5, 0.6) is 0 Å². The second-order valence-corrected chi connectivity index (χ2v) is 12.3. The van der Waals surface area contributed by atoms with E-state index in [-0.39, 0.29) is 23.9 Å². The number of aryl methyl sites for hydroxylation is 2. The number of aliphatic hydroxyl groups is 1. The van der Waals surface area contributed by atoms with Gasteiger partial charge in [0.25, 0.3) is 0 Å². The number of carbonyl (C=O) groups is 1. The Morgan fingerprint density at radius 2 is 1.84 bits per heavy atom. The number of hydrogen-bond donors (Lipinski definition) is 3. The number of benzene rings is 1. The maximum Gasteiger partial charge on any atom is 0.435 e. The third-order valence-corrected chi connectivity index (χ3v) is 7.65. The van der Waals surface area contributed by atoms with E-state index in [2.05, 4.69) is 41.8 Å². The van der Waals surface area contributed by atoms with Crippen molar-refractivity contribution in [2.75, 3.05) is 6.61 Å². The Kier molecular flexibility index (Phi) is 9.04. The lowest BCUT2D eigenvalue weighted by molar-refractivity contribution is -0.313. The highest BCUT2D eigenvalue weighted by Crippen LogP contribution is 2.41. The fourth-order valence-electron chi connectivity index (χ4n) is 4.98. The minimum absolute atomic E-state index is 0.00335. The molecule has 2 saturated heterocycles. The van der Waals surface area contributed by atoms with Gasteiger partial charge < -0.3 is 24.1 Å². The van der Waals surface area contributed by atoms with Gasteiger partial charge in [-0.2, -0.15) is 18.3 Å². The second kappa shape index (κ2) is 12.3. The van der Waals surface area contributed by atoms with Gasteiger partial charge in [0.15, 0.2) is 17.8 Å². The highest BCUT2D eigenvalue weighted by Gasteiger charge is 2.52. The zero-order valence-electron chi connectivity index (χ0n) is 24.4. The van der Waals surface area contributed by atoms with Crippen LogP contribution in [0.15, 0.2) is 40.9 Å². The predicted octanol–water partition coefficient (Wildman–Crippen LogP) is 4.37. The number of amides is 1. The molecule has 3 aromatic rings. The van der Waals surface area contributed by atoms with Crippen LogP contribution < -0.4 is 10.9 Å². The van der Waals surface area contributed by atoms with Crippen molar-refractivity contribution < 1.29 is 42.0 Å². The second-order valence-electron chi connectivity index (χ2n) is 11.4. The molecule has 0 aliphatic carbocycles. The van der Waals surface area contributed by atoms with Crippen LogP contribution in [0.25, 0.3) is 5.69 Å². The first-order valence-corrected chi connectivity index (χ1v) is 14.5. The van der Waals surface area contributed by atoms with E-state index in [9.17, 15) is 23.1 Å². The average Bonchev–Trinajstić information content (AvgIpc) is 3.33. The summed E-state index contributed by atoms with van der Waals surface area (Å²) in [6.45, 7) is 8.00. The quantitative estimate of drug-likeness (QED) is 0.332. The number of fused-ring (bicyclic) bond motifs is 1. The molecule has 16 heteroatoms. The van der Waals surface area contributed by atoms with Crippen LogP contribution in [0.2, 0.25) is 0 Å². The monoisotopic (exact) mass is 684 g/mol. The zero-order chi connectivity index (χ0) is 32.0. The molecule has 2 aliphatic rings. The minimum Gasteiger partial charge on any atom is -0.443 e. The largest absolute Gasteiger partial charge is 0.443 e. The summed E-state index contributed by atoms with van der Waals surface area (Å²) >= 11 is 3.25. The third-order valence-electron chi connectivity index (χ3n) is 6.84. The summed E-state index contributed by atoms with van der Waals surface area (Å²) in [5, 5.41) is 15.9. The molecule has 6 atom stereocenters.